The van der Waals surface area contributed by atoms with E-state index in [-0.39, 0.29) is 11.8 Å². The highest BCUT2D eigenvalue weighted by molar-refractivity contribution is 6.30. The zero-order valence-electron chi connectivity index (χ0n) is 12.1. The molecule has 3 aromatic rings. The van der Waals surface area contributed by atoms with Crippen molar-refractivity contribution in [1.82, 2.24) is 10.2 Å². The van der Waals surface area contributed by atoms with E-state index in [0.717, 1.165) is 0 Å². The molecule has 116 valence electrons. The number of amides is 1. The molecule has 1 amide bonds. The van der Waals surface area contributed by atoms with Gasteiger partial charge in [-0.1, -0.05) is 23.7 Å². The molecule has 1 N–H and O–H groups in total. The summed E-state index contributed by atoms with van der Waals surface area (Å²) in [5.74, 6) is 0.159. The third-order valence-electron chi connectivity index (χ3n) is 3.06. The van der Waals surface area contributed by atoms with Gasteiger partial charge < -0.3 is 14.5 Å². The number of hydrogen-bond donors (Lipinski definition) is 1. The van der Waals surface area contributed by atoms with Crippen LogP contribution in [0.4, 0.5) is 5.69 Å². The number of carbonyl (C=O) groups excluding carboxylic acids is 1. The number of halogens is 1. The van der Waals surface area contributed by atoms with Gasteiger partial charge in [0.2, 0.25) is 0 Å². The molecule has 6 nitrogen and oxygen atoms in total. The molecule has 1 heterocycles. The predicted molar refractivity (Wildman–Crippen MR) is 85.7 cm³/mol. The molecule has 3 rings (SSSR count). The van der Waals surface area contributed by atoms with Crippen LogP contribution in [-0.2, 0) is 0 Å². The number of aromatic nitrogens is 2. The number of para-hydroxylation sites is 1. The Balaban J connectivity index is 1.81. The third-order valence-corrected chi connectivity index (χ3v) is 3.31. The van der Waals surface area contributed by atoms with E-state index < -0.39 is 5.91 Å². The van der Waals surface area contributed by atoms with E-state index in [1.165, 1.54) is 0 Å². The molecule has 23 heavy (non-hydrogen) atoms. The van der Waals surface area contributed by atoms with Crippen molar-refractivity contribution in [3.05, 3.63) is 59.4 Å². The fraction of sp³-hybridized carbons (Fsp3) is 0.0625. The number of nitrogens with zero attached hydrogens (tertiary/aromatic N) is 2. The Morgan fingerprint density at radius 2 is 1.87 bits per heavy atom. The molecule has 0 aliphatic heterocycles. The van der Waals surface area contributed by atoms with Crippen LogP contribution in [0.15, 0.2) is 52.9 Å². The van der Waals surface area contributed by atoms with Crippen molar-refractivity contribution in [3.8, 4) is 17.2 Å². The molecule has 0 atom stereocenters. The fourth-order valence-corrected chi connectivity index (χ4v) is 2.09. The highest BCUT2D eigenvalue weighted by Crippen LogP contribution is 2.28. The summed E-state index contributed by atoms with van der Waals surface area (Å²) in [5.41, 5.74) is 1.20. The van der Waals surface area contributed by atoms with Gasteiger partial charge in [0.15, 0.2) is 0 Å². The van der Waals surface area contributed by atoms with Crippen LogP contribution >= 0.6 is 11.6 Å². The van der Waals surface area contributed by atoms with Gasteiger partial charge in [0.05, 0.1) is 12.7 Å². The fourth-order valence-electron chi connectivity index (χ4n) is 1.96. The molecule has 0 bridgehead atoms. The lowest BCUT2D eigenvalue weighted by Gasteiger charge is -2.03. The van der Waals surface area contributed by atoms with E-state index in [1.54, 1.807) is 43.5 Å². The van der Waals surface area contributed by atoms with Crippen LogP contribution < -0.4 is 10.1 Å². The monoisotopic (exact) mass is 329 g/mol. The summed E-state index contributed by atoms with van der Waals surface area (Å²) >= 11 is 5.80. The summed E-state index contributed by atoms with van der Waals surface area (Å²) in [4.78, 5) is 12.1. The normalized spacial score (nSPS) is 10.3. The second-order valence-electron chi connectivity index (χ2n) is 4.57. The van der Waals surface area contributed by atoms with Gasteiger partial charge in [-0.05, 0) is 36.4 Å². The van der Waals surface area contributed by atoms with Gasteiger partial charge in [0.1, 0.15) is 5.75 Å². The zero-order valence-corrected chi connectivity index (χ0v) is 12.9. The van der Waals surface area contributed by atoms with E-state index in [9.17, 15) is 4.79 Å². The van der Waals surface area contributed by atoms with E-state index in [1.807, 2.05) is 12.1 Å². The number of rotatable bonds is 4. The molecule has 0 aliphatic rings. The molecule has 2 aromatic carbocycles. The first kappa shape index (κ1) is 15.1. The maximum absolute atomic E-state index is 12.1. The van der Waals surface area contributed by atoms with Crippen LogP contribution in [0, 0.1) is 0 Å². The Bertz CT molecular complexity index is 831. The first-order valence-corrected chi connectivity index (χ1v) is 7.09. The van der Waals surface area contributed by atoms with Crippen LogP contribution in [0.3, 0.4) is 0 Å². The first-order valence-electron chi connectivity index (χ1n) is 6.71. The molecule has 1 aromatic heterocycles. The Hall–Kier alpha value is -2.86. The molecule has 0 aliphatic carbocycles. The van der Waals surface area contributed by atoms with Crippen molar-refractivity contribution in [2.45, 2.75) is 0 Å². The summed E-state index contributed by atoms with van der Waals surface area (Å²) in [7, 11) is 1.54. The molecule has 0 saturated carbocycles. The standard InChI is InChI=1S/C16H12ClN3O3/c1-22-13-5-3-2-4-12(13)15-19-20-16(23-15)14(21)18-11-8-6-10(17)7-9-11/h2-9H,1H3,(H,18,21). The van der Waals surface area contributed by atoms with Crippen LogP contribution in [0.5, 0.6) is 5.75 Å². The average molecular weight is 330 g/mol. The molecule has 0 radical (unpaired) electrons. The van der Waals surface area contributed by atoms with Crippen molar-refractivity contribution < 1.29 is 13.9 Å². The Morgan fingerprint density at radius 3 is 2.61 bits per heavy atom. The molecule has 0 fully saturated rings. The van der Waals surface area contributed by atoms with Gasteiger partial charge in [-0.15, -0.1) is 10.2 Å². The lowest BCUT2D eigenvalue weighted by atomic mass is 10.2. The maximum atomic E-state index is 12.1. The number of ether oxygens (including phenoxy) is 1. The minimum absolute atomic E-state index is 0.138. The van der Waals surface area contributed by atoms with Gasteiger partial charge >= 0.3 is 11.8 Å². The van der Waals surface area contributed by atoms with Gasteiger partial charge in [-0.25, -0.2) is 0 Å². The molecular weight excluding hydrogens is 318 g/mol. The summed E-state index contributed by atoms with van der Waals surface area (Å²) in [6, 6.07) is 13.9. The van der Waals surface area contributed by atoms with Crippen molar-refractivity contribution in [1.29, 1.82) is 0 Å². The van der Waals surface area contributed by atoms with Crippen LogP contribution in [0.1, 0.15) is 10.7 Å². The average Bonchev–Trinajstić information content (AvgIpc) is 3.07. The minimum Gasteiger partial charge on any atom is -0.496 e. The highest BCUT2D eigenvalue weighted by Gasteiger charge is 2.18. The number of hydrogen-bond acceptors (Lipinski definition) is 5. The lowest BCUT2D eigenvalue weighted by Crippen LogP contribution is -2.12. The van der Waals surface area contributed by atoms with Gasteiger partial charge in [0, 0.05) is 10.7 Å². The number of methoxy groups -OCH3 is 1. The maximum Gasteiger partial charge on any atom is 0.313 e. The number of nitrogens with one attached hydrogen (secondary N) is 1. The molecule has 0 unspecified atom stereocenters. The van der Waals surface area contributed by atoms with E-state index in [4.69, 9.17) is 20.8 Å². The SMILES string of the molecule is COc1ccccc1-c1nnc(C(=O)Nc2ccc(Cl)cc2)o1. The van der Waals surface area contributed by atoms with Crippen LogP contribution in [0.25, 0.3) is 11.5 Å². The topological polar surface area (TPSA) is 77.2 Å². The zero-order chi connectivity index (χ0) is 16.2. The molecule has 0 spiro atoms. The van der Waals surface area contributed by atoms with Gasteiger partial charge in [-0.3, -0.25) is 4.79 Å². The van der Waals surface area contributed by atoms with Crippen molar-refractivity contribution >= 4 is 23.2 Å². The van der Waals surface area contributed by atoms with Crippen LogP contribution in [-0.4, -0.2) is 23.2 Å². The Kier molecular flexibility index (Phi) is 4.25. The molecular formula is C16H12ClN3O3. The van der Waals surface area contributed by atoms with Crippen molar-refractivity contribution in [2.24, 2.45) is 0 Å². The quantitative estimate of drug-likeness (QED) is 0.790. The summed E-state index contributed by atoms with van der Waals surface area (Å²) in [5, 5.41) is 10.9. The predicted octanol–water partition coefficient (Wildman–Crippen LogP) is 3.65. The summed E-state index contributed by atoms with van der Waals surface area (Å²) in [6.07, 6.45) is 0. The van der Waals surface area contributed by atoms with Gasteiger partial charge in [-0.2, -0.15) is 0 Å². The van der Waals surface area contributed by atoms with Gasteiger partial charge in [0.25, 0.3) is 5.89 Å². The number of benzene rings is 2. The number of anilines is 1. The second-order valence-corrected chi connectivity index (χ2v) is 5.01. The molecule has 7 heteroatoms. The lowest BCUT2D eigenvalue weighted by molar-refractivity contribution is 0.0991. The minimum atomic E-state index is -0.499. The van der Waals surface area contributed by atoms with E-state index in [0.29, 0.717) is 22.0 Å². The highest BCUT2D eigenvalue weighted by atomic mass is 35.5. The largest absolute Gasteiger partial charge is 0.496 e. The smallest absolute Gasteiger partial charge is 0.313 e. The van der Waals surface area contributed by atoms with Crippen molar-refractivity contribution in [3.63, 3.8) is 0 Å². The number of carbonyl (C=O) groups is 1. The Labute approximate surface area is 137 Å². The third kappa shape index (κ3) is 3.32. The Morgan fingerprint density at radius 1 is 1.13 bits per heavy atom. The molecule has 0 saturated heterocycles. The van der Waals surface area contributed by atoms with E-state index in [2.05, 4.69) is 15.5 Å². The summed E-state index contributed by atoms with van der Waals surface area (Å²) < 4.78 is 10.7. The van der Waals surface area contributed by atoms with E-state index >= 15 is 0 Å². The summed E-state index contributed by atoms with van der Waals surface area (Å²) in [6.45, 7) is 0. The van der Waals surface area contributed by atoms with Crippen molar-refractivity contribution in [2.75, 3.05) is 12.4 Å². The first-order chi connectivity index (χ1) is 11.2. The van der Waals surface area contributed by atoms with Crippen LogP contribution in [0.2, 0.25) is 5.02 Å². The second kappa shape index (κ2) is 6.50.